The predicted octanol–water partition coefficient (Wildman–Crippen LogP) is -8.75. The summed E-state index contributed by atoms with van der Waals surface area (Å²) in [6.07, 6.45) is 0. The number of para-hydroxylation sites is 1. The molecule has 75 heavy (non-hydrogen) atoms. The number of benzene rings is 7. The van der Waals surface area contributed by atoms with Crippen LogP contribution in [-0.4, -0.2) is 64.1 Å². The molecule has 4 N–H and O–H groups in total. The molecule has 8 aromatic rings. The van der Waals surface area contributed by atoms with E-state index >= 15 is 0 Å². The molecule has 0 aliphatic carbocycles. The van der Waals surface area contributed by atoms with E-state index in [0.717, 1.165) is 30.3 Å². The van der Waals surface area contributed by atoms with Crippen molar-refractivity contribution in [1.29, 1.82) is 0 Å². The van der Waals surface area contributed by atoms with Gasteiger partial charge in [0.1, 0.15) is 41.7 Å². The average molecular weight is 1160 g/mol. The molecule has 0 amide bonds. The zero-order valence-electron chi connectivity index (χ0n) is 39.1. The van der Waals surface area contributed by atoms with Crippen molar-refractivity contribution >= 4 is 133 Å². The van der Waals surface area contributed by atoms with E-state index in [9.17, 15) is 59.6 Å². The number of rotatable bonds is 17. The van der Waals surface area contributed by atoms with Crippen LogP contribution in [0.5, 0.6) is 11.8 Å². The Balaban J connectivity index is 0.00000296. The molecule has 0 aliphatic heterocycles. The summed E-state index contributed by atoms with van der Waals surface area (Å²) >= 11 is 0.471. The number of nitrogens with zero attached hydrogens (tertiary/aromatic N) is 7. The molecule has 0 spiro atoms. The van der Waals surface area contributed by atoms with Gasteiger partial charge in [-0.2, -0.15) is 23.6 Å². The van der Waals surface area contributed by atoms with Gasteiger partial charge in [0.15, 0.2) is 5.75 Å². The van der Waals surface area contributed by atoms with Gasteiger partial charge in [-0.15, -0.1) is 20.5 Å². The second kappa shape index (κ2) is 28.9. The van der Waals surface area contributed by atoms with Crippen LogP contribution in [0.15, 0.2) is 154 Å². The molecule has 360 valence electrons. The van der Waals surface area contributed by atoms with Crippen molar-refractivity contribution in [3.05, 3.63) is 109 Å². The van der Waals surface area contributed by atoms with Gasteiger partial charge in [-0.05, 0) is 71.4 Å². The fourth-order valence-corrected chi connectivity index (χ4v) is 9.54. The molecular weight excluding hydrogens is 1140 g/mol. The third-order valence-corrected chi connectivity index (χ3v) is 13.3. The first-order valence-electron chi connectivity index (χ1n) is 18.8. The number of aromatic hydroxyl groups is 2. The largest absolute Gasteiger partial charge is 1.00 e. The topological polar surface area (TPSA) is 407 Å². The molecule has 0 unspecified atom stereocenters. The summed E-state index contributed by atoms with van der Waals surface area (Å²) < 4.78 is 120. The maximum atomic E-state index is 13.2. The van der Waals surface area contributed by atoms with Crippen molar-refractivity contribution in [3.63, 3.8) is 0 Å². The number of phenolic OH excluding ortho intramolecular Hbond substituents is 1. The monoisotopic (exact) mass is 1160 g/mol. The zero-order valence-corrected chi connectivity index (χ0v) is 53.2. The van der Waals surface area contributed by atoms with Crippen LogP contribution in [0.3, 0.4) is 0 Å². The van der Waals surface area contributed by atoms with Gasteiger partial charge in [0, 0.05) is 26.7 Å². The van der Waals surface area contributed by atoms with E-state index in [1.807, 2.05) is 0 Å². The number of fused-ring (bicyclic) bond motifs is 3. The van der Waals surface area contributed by atoms with Gasteiger partial charge in [0.05, 0.1) is 66.1 Å². The molecule has 7 aromatic carbocycles. The normalized spacial score (nSPS) is 11.6. The molecule has 0 atom stereocenters. The maximum Gasteiger partial charge on any atom is 1.00 e. The van der Waals surface area contributed by atoms with Crippen LogP contribution < -0.4 is 169 Å². The fourth-order valence-electron chi connectivity index (χ4n) is 6.76. The van der Waals surface area contributed by atoms with Crippen molar-refractivity contribution in [2.24, 2.45) is 20.5 Å². The van der Waals surface area contributed by atoms with Crippen LogP contribution in [0, 0.1) is 0 Å². The summed E-state index contributed by atoms with van der Waals surface area (Å²) in [5.74, 6) is -1.80. The number of aromatic nitrogens is 3. The van der Waals surface area contributed by atoms with Crippen molar-refractivity contribution in [2.75, 3.05) is 10.6 Å². The third kappa shape index (κ3) is 16.3. The Bertz CT molecular complexity index is 3810. The molecule has 0 fully saturated rings. The number of nitrogens with one attached hydrogen (secondary N) is 2. The number of hydrogen-bond acceptors (Lipinski definition) is 28. The summed E-state index contributed by atoms with van der Waals surface area (Å²) in [7, 11) is -15.6. The van der Waals surface area contributed by atoms with Crippen LogP contribution in [0.1, 0.15) is 0 Å². The first-order valence-corrected chi connectivity index (χ1v) is 24.5. The van der Waals surface area contributed by atoms with Gasteiger partial charge in [0.25, 0.3) is 0 Å². The van der Waals surface area contributed by atoms with Crippen molar-refractivity contribution in [2.45, 2.75) is 24.5 Å². The second-order valence-corrected chi connectivity index (χ2v) is 19.4. The van der Waals surface area contributed by atoms with E-state index in [1.165, 1.54) is 48.5 Å². The Kier molecular flexibility index (Phi) is 25.9. The van der Waals surface area contributed by atoms with E-state index < -0.39 is 85.2 Å². The molecule has 1 heterocycles. The van der Waals surface area contributed by atoms with Crippen LogP contribution >= 0.6 is 24.1 Å². The first-order chi connectivity index (χ1) is 33.3. The van der Waals surface area contributed by atoms with Crippen molar-refractivity contribution < 1.29 is 226 Å². The molecule has 36 heteroatoms. The number of phenols is 1. The Hall–Kier alpha value is -2.08. The molecule has 1 aromatic heterocycles. The van der Waals surface area contributed by atoms with Gasteiger partial charge in [-0.1, -0.05) is 48.5 Å². The average Bonchev–Trinajstić information content (AvgIpc) is 3.30. The molecule has 26 nitrogen and oxygen atoms in total. The molecule has 0 bridgehead atoms. The SMILES string of the molecule is O=S(=O)([O-])c1ccc2c(N=Nc3c(SOO[O-])cc4cc(S(=O)(=O)[O-])c(N=Nc5cccc6c(S(=O)(=O)[O-])cccc56)c(Nc5nc(O)nc(Nc6ccccc6)n5)c4c3O)cc(SOO[O-])cc2c1.[Na+].[Na+].[Na+].[Na+].[Na+]. The van der Waals surface area contributed by atoms with Gasteiger partial charge in [-0.25, -0.2) is 25.3 Å². The molecule has 8 rings (SSSR count). The summed E-state index contributed by atoms with van der Waals surface area (Å²) in [6.45, 7) is 0. The van der Waals surface area contributed by atoms with Crippen LogP contribution in [0.25, 0.3) is 32.3 Å². The smallest absolute Gasteiger partial charge is 0.744 e. The first kappa shape index (κ1) is 67.2. The van der Waals surface area contributed by atoms with Crippen LogP contribution in [0.4, 0.5) is 46.0 Å². The van der Waals surface area contributed by atoms with E-state index in [1.54, 1.807) is 30.3 Å². The van der Waals surface area contributed by atoms with Crippen LogP contribution in [-0.2, 0) is 49.1 Å². The minimum absolute atomic E-state index is 0. The molecule has 0 radical (unpaired) electrons. The Labute approximate surface area is 542 Å². The summed E-state index contributed by atoms with van der Waals surface area (Å²) in [4.78, 5) is 9.27. The van der Waals surface area contributed by atoms with Gasteiger partial charge < -0.3 is 45.0 Å². The Morgan fingerprint density at radius 1 is 0.533 bits per heavy atom. The number of anilines is 4. The van der Waals surface area contributed by atoms with Gasteiger partial charge in [0.2, 0.25) is 11.9 Å². The zero-order chi connectivity index (χ0) is 50.0. The summed E-state index contributed by atoms with van der Waals surface area (Å²) in [5, 5.41) is 73.0. The number of hydrogen-bond donors (Lipinski definition) is 4. The van der Waals surface area contributed by atoms with Crippen molar-refractivity contribution in [1.82, 2.24) is 15.0 Å². The van der Waals surface area contributed by atoms with Gasteiger partial charge in [-0.3, -0.25) is 10.1 Å². The fraction of sp³-hybridized carbons (Fsp3) is 0. The minimum Gasteiger partial charge on any atom is -0.744 e. The minimum atomic E-state index is -5.63. The quantitative estimate of drug-likeness (QED) is 0.0164. The summed E-state index contributed by atoms with van der Waals surface area (Å²) in [6, 6.07) is 22.5. The number of azo groups is 2. The van der Waals surface area contributed by atoms with Crippen LogP contribution in [0.2, 0.25) is 0 Å². The predicted molar refractivity (Wildman–Crippen MR) is 236 cm³/mol. The molecular formula is C39H22N9Na5O17S5. The molecule has 0 aliphatic rings. The standard InChI is InChI=1S/C39H27N9O17S5.5Na/c49-36-32-20(16-29(67-65-63-52)33(36)47-46-28-18-22(66-64-62-51)14-19-15-23(68(53,54)55)12-13-24(19)28)17-31(70(59,60)61)34(48-45-27-10-4-9-26-25(27)8-5-11-30(26)69(56,57)58)35(32)41-38-42-37(43-39(50)44-38)40-21-6-2-1-3-7-21;;;;;/h1-18,49,51-52H,(H,53,54,55)(H,56,57,58)(H,59,60,61)(H3,40,41,42,43,44,50);;;;;/q;5*+1/p-5. The summed E-state index contributed by atoms with van der Waals surface area (Å²) in [5.41, 5.74) is -1.94. The van der Waals surface area contributed by atoms with Crippen molar-refractivity contribution in [3.8, 4) is 11.8 Å². The van der Waals surface area contributed by atoms with E-state index in [4.69, 9.17) is 0 Å². The Morgan fingerprint density at radius 2 is 1.15 bits per heavy atom. The molecule has 0 saturated heterocycles. The second-order valence-electron chi connectivity index (χ2n) is 13.8. The Morgan fingerprint density at radius 3 is 1.80 bits per heavy atom. The van der Waals surface area contributed by atoms with E-state index in [-0.39, 0.29) is 214 Å². The van der Waals surface area contributed by atoms with E-state index in [0.29, 0.717) is 17.7 Å². The third-order valence-electron chi connectivity index (χ3n) is 9.55. The van der Waals surface area contributed by atoms with E-state index in [2.05, 4.69) is 64.8 Å². The molecule has 0 saturated carbocycles. The maximum absolute atomic E-state index is 13.2. The van der Waals surface area contributed by atoms with Gasteiger partial charge >= 0.3 is 154 Å².